The molecular weight excluding hydrogens is 428 g/mol. The number of amides is 2. The predicted octanol–water partition coefficient (Wildman–Crippen LogP) is 4.23. The van der Waals surface area contributed by atoms with E-state index in [1.54, 1.807) is 0 Å². The minimum absolute atomic E-state index is 0.0790. The third-order valence-electron chi connectivity index (χ3n) is 3.89. The zero-order chi connectivity index (χ0) is 22.1. The normalized spacial score (nSPS) is 13.1. The number of nitrogens with one attached hydrogen (secondary N) is 2. The van der Waals surface area contributed by atoms with Gasteiger partial charge in [0.1, 0.15) is 11.9 Å². The molecule has 0 bridgehead atoms. The van der Waals surface area contributed by atoms with Gasteiger partial charge in [-0.3, -0.25) is 9.59 Å². The van der Waals surface area contributed by atoms with Crippen molar-refractivity contribution in [2.24, 2.45) is 7.05 Å². The Morgan fingerprint density at radius 3 is 2.31 bits per heavy atom. The summed E-state index contributed by atoms with van der Waals surface area (Å²) >= 11 is 5.59. The number of nitrogens with zero attached hydrogens (tertiary/aromatic N) is 1. The van der Waals surface area contributed by atoms with Crippen LogP contribution in [0.2, 0.25) is 5.02 Å². The monoisotopic (exact) mass is 441 g/mol. The number of anilines is 1. The lowest BCUT2D eigenvalue weighted by Crippen LogP contribution is -2.49. The third-order valence-corrected chi connectivity index (χ3v) is 4.18. The first-order chi connectivity index (χ1) is 13.2. The molecular formula is C17H14ClF6N3O2. The van der Waals surface area contributed by atoms with Gasteiger partial charge < -0.3 is 15.2 Å². The molecule has 0 spiro atoms. The fraction of sp³-hybridized carbons (Fsp3) is 0.294. The number of hydrogen-bond acceptors (Lipinski definition) is 2. The zero-order valence-corrected chi connectivity index (χ0v) is 15.6. The smallest absolute Gasteiger partial charge is 0.348 e. The summed E-state index contributed by atoms with van der Waals surface area (Å²) in [7, 11) is 1.09. The maximum Gasteiger partial charge on any atom is 0.408 e. The van der Waals surface area contributed by atoms with Crippen molar-refractivity contribution in [2.75, 3.05) is 5.32 Å². The number of hydrogen-bond donors (Lipinski definition) is 2. The molecule has 0 aliphatic carbocycles. The average molecular weight is 442 g/mol. The minimum Gasteiger partial charge on any atom is -0.348 e. The topological polar surface area (TPSA) is 63.1 Å². The van der Waals surface area contributed by atoms with Gasteiger partial charge in [0.25, 0.3) is 11.8 Å². The van der Waals surface area contributed by atoms with Crippen LogP contribution in [0, 0.1) is 5.82 Å². The lowest BCUT2D eigenvalue weighted by Gasteiger charge is -2.21. The number of carbonyl (C=O) groups is 2. The van der Waals surface area contributed by atoms with E-state index in [0.717, 1.165) is 29.9 Å². The Morgan fingerprint density at radius 2 is 1.76 bits per heavy atom. The molecule has 2 amide bonds. The molecule has 29 heavy (non-hydrogen) atoms. The van der Waals surface area contributed by atoms with E-state index < -0.39 is 41.5 Å². The lowest BCUT2D eigenvalue weighted by molar-refractivity contribution is -0.169. The molecule has 12 heteroatoms. The summed E-state index contributed by atoms with van der Waals surface area (Å²) in [5.41, 5.74) is -1.22. The molecule has 1 aromatic carbocycles. The van der Waals surface area contributed by atoms with E-state index in [4.69, 9.17) is 11.6 Å². The molecule has 0 saturated carbocycles. The van der Waals surface area contributed by atoms with E-state index in [1.807, 2.05) is 0 Å². The molecule has 2 rings (SSSR count). The van der Waals surface area contributed by atoms with Crippen LogP contribution < -0.4 is 10.6 Å². The largest absolute Gasteiger partial charge is 0.408 e. The van der Waals surface area contributed by atoms with Crippen molar-refractivity contribution in [3.05, 3.63) is 52.6 Å². The van der Waals surface area contributed by atoms with E-state index in [1.165, 1.54) is 11.4 Å². The summed E-state index contributed by atoms with van der Waals surface area (Å²) in [6.45, 7) is 0.520. The van der Waals surface area contributed by atoms with Gasteiger partial charge in [-0.25, -0.2) is 4.39 Å². The molecule has 2 aromatic rings. The second-order valence-corrected chi connectivity index (χ2v) is 6.53. The molecule has 0 fully saturated rings. The number of aryl methyl sites for hydroxylation is 1. The zero-order valence-electron chi connectivity index (χ0n) is 14.9. The van der Waals surface area contributed by atoms with Crippen molar-refractivity contribution in [1.29, 1.82) is 0 Å². The van der Waals surface area contributed by atoms with Crippen LogP contribution in [0.5, 0.6) is 0 Å². The molecule has 158 valence electrons. The molecule has 5 nitrogen and oxygen atoms in total. The summed E-state index contributed by atoms with van der Waals surface area (Å²) in [6, 6.07) is 1.43. The Kier molecular flexibility index (Phi) is 6.21. The van der Waals surface area contributed by atoms with E-state index in [0.29, 0.717) is 13.0 Å². The molecule has 0 saturated heterocycles. The average Bonchev–Trinajstić information content (AvgIpc) is 3.00. The number of aromatic nitrogens is 1. The van der Waals surface area contributed by atoms with Crippen molar-refractivity contribution in [1.82, 2.24) is 9.88 Å². The van der Waals surface area contributed by atoms with Gasteiger partial charge in [-0.15, -0.1) is 0 Å². The van der Waals surface area contributed by atoms with Crippen LogP contribution in [-0.4, -0.2) is 28.6 Å². The van der Waals surface area contributed by atoms with Crippen molar-refractivity contribution in [3.63, 3.8) is 0 Å². The maximum atomic E-state index is 14.4. The van der Waals surface area contributed by atoms with Crippen molar-refractivity contribution in [3.8, 4) is 0 Å². The number of halogens is 7. The number of alkyl halides is 5. The predicted molar refractivity (Wildman–Crippen MR) is 92.3 cm³/mol. The van der Waals surface area contributed by atoms with Gasteiger partial charge in [0, 0.05) is 18.9 Å². The van der Waals surface area contributed by atoms with Crippen LogP contribution in [0.4, 0.5) is 32.0 Å². The Morgan fingerprint density at radius 1 is 1.14 bits per heavy atom. The van der Waals surface area contributed by atoms with Crippen molar-refractivity contribution in [2.45, 2.75) is 25.1 Å². The number of rotatable bonds is 5. The van der Waals surface area contributed by atoms with Gasteiger partial charge in [-0.1, -0.05) is 11.6 Å². The molecule has 0 aliphatic heterocycles. The quantitative estimate of drug-likeness (QED) is 0.682. The van der Waals surface area contributed by atoms with Gasteiger partial charge in [0.2, 0.25) is 0 Å². The summed E-state index contributed by atoms with van der Waals surface area (Å²) in [4.78, 5) is 23.9. The minimum atomic E-state index is -4.90. The number of carbonyl (C=O) groups excluding carboxylic acids is 2. The second-order valence-electron chi connectivity index (χ2n) is 6.12. The molecule has 1 unspecified atom stereocenters. The Labute approximate surface area is 165 Å². The Hall–Kier alpha value is -2.69. The van der Waals surface area contributed by atoms with E-state index >= 15 is 0 Å². The van der Waals surface area contributed by atoms with Gasteiger partial charge in [-0.2, -0.15) is 22.0 Å². The highest BCUT2D eigenvalue weighted by atomic mass is 35.5. The molecule has 1 aromatic heterocycles. The fourth-order valence-electron chi connectivity index (χ4n) is 2.26. The van der Waals surface area contributed by atoms with Crippen LogP contribution in [0.25, 0.3) is 0 Å². The molecule has 1 heterocycles. The fourth-order valence-corrected chi connectivity index (χ4v) is 2.44. The van der Waals surface area contributed by atoms with Gasteiger partial charge in [0.05, 0.1) is 16.3 Å². The standard InChI is InChI=1S/C17H14ClF6N3O2/c1-8(17(22,23)24)25-15(29)16(20,21)13-5-9(7-27(13)2)14(28)26-10-3-4-12(19)11(18)6-10/h3-8H,1-2H3,(H,25,29)(H,26,28). The first-order valence-corrected chi connectivity index (χ1v) is 8.30. The molecule has 1 atom stereocenters. The van der Waals surface area contributed by atoms with E-state index in [2.05, 4.69) is 5.32 Å². The van der Waals surface area contributed by atoms with Gasteiger partial charge in [0.15, 0.2) is 0 Å². The van der Waals surface area contributed by atoms with Crippen LogP contribution in [0.1, 0.15) is 23.0 Å². The van der Waals surface area contributed by atoms with Crippen LogP contribution in [0.15, 0.2) is 30.5 Å². The number of benzene rings is 1. The third kappa shape index (κ3) is 5.03. The van der Waals surface area contributed by atoms with Crippen molar-refractivity contribution < 1.29 is 35.9 Å². The van der Waals surface area contributed by atoms with Gasteiger partial charge in [-0.05, 0) is 31.2 Å². The Balaban J connectivity index is 2.22. The highest BCUT2D eigenvalue weighted by Gasteiger charge is 2.47. The second kappa shape index (κ2) is 7.97. The van der Waals surface area contributed by atoms with E-state index in [9.17, 15) is 35.9 Å². The van der Waals surface area contributed by atoms with Crippen LogP contribution >= 0.6 is 11.6 Å². The van der Waals surface area contributed by atoms with E-state index in [-0.39, 0.29) is 16.3 Å². The summed E-state index contributed by atoms with van der Waals surface area (Å²) in [5.74, 6) is -8.12. The SMILES string of the molecule is CC(NC(=O)C(F)(F)c1cc(C(=O)Nc2ccc(F)c(Cl)c2)cn1C)C(F)(F)F. The van der Waals surface area contributed by atoms with Crippen molar-refractivity contribution >= 4 is 29.1 Å². The lowest BCUT2D eigenvalue weighted by atomic mass is 10.1. The summed E-state index contributed by atoms with van der Waals surface area (Å²) in [6.07, 6.45) is -3.94. The maximum absolute atomic E-state index is 14.4. The molecule has 0 radical (unpaired) electrons. The van der Waals surface area contributed by atoms with Crippen LogP contribution in [-0.2, 0) is 17.8 Å². The highest BCUT2D eigenvalue weighted by molar-refractivity contribution is 6.31. The van der Waals surface area contributed by atoms with Gasteiger partial charge >= 0.3 is 12.1 Å². The van der Waals surface area contributed by atoms with Crippen LogP contribution in [0.3, 0.4) is 0 Å². The first-order valence-electron chi connectivity index (χ1n) is 7.92. The first kappa shape index (κ1) is 22.6. The molecule has 0 aliphatic rings. The summed E-state index contributed by atoms with van der Waals surface area (Å²) < 4.78 is 80.1. The molecule has 2 N–H and O–H groups in total. The highest BCUT2D eigenvalue weighted by Crippen LogP contribution is 2.31. The Bertz CT molecular complexity index is 942. The summed E-state index contributed by atoms with van der Waals surface area (Å²) in [5, 5.41) is 3.22.